The van der Waals surface area contributed by atoms with Crippen molar-refractivity contribution in [3.8, 4) is 0 Å². The number of carboxylic acid groups (broad SMARTS) is 1. The molecule has 5 rings (SSSR count). The molecule has 5 aliphatic rings. The Balaban J connectivity index is 1.71. The van der Waals surface area contributed by atoms with Crippen molar-refractivity contribution in [1.82, 2.24) is 0 Å². The number of rotatable bonds is 3. The lowest BCUT2D eigenvalue weighted by Gasteiger charge is -2.69. The summed E-state index contributed by atoms with van der Waals surface area (Å²) in [4.78, 5) is 12.1. The molecule has 5 nitrogen and oxygen atoms in total. The third-order valence-corrected chi connectivity index (χ3v) is 10.5. The summed E-state index contributed by atoms with van der Waals surface area (Å²) in [6.45, 7) is 4.21. The van der Waals surface area contributed by atoms with Crippen LogP contribution in [0, 0.1) is 39.9 Å². The van der Waals surface area contributed by atoms with Gasteiger partial charge in [-0.15, -0.1) is 0 Å². The fourth-order valence-corrected chi connectivity index (χ4v) is 9.46. The van der Waals surface area contributed by atoms with Crippen LogP contribution in [0.5, 0.6) is 0 Å². The van der Waals surface area contributed by atoms with E-state index >= 15 is 0 Å². The highest BCUT2D eigenvalue weighted by Crippen LogP contribution is 2.72. The molecule has 5 saturated carbocycles. The van der Waals surface area contributed by atoms with E-state index in [0.717, 1.165) is 51.4 Å². The van der Waals surface area contributed by atoms with E-state index in [9.17, 15) is 23.4 Å². The molecule has 2 N–H and O–H groups in total. The van der Waals surface area contributed by atoms with Crippen molar-refractivity contribution in [2.45, 2.75) is 71.3 Å². The molecule has 0 radical (unpaired) electrons. The van der Waals surface area contributed by atoms with E-state index in [2.05, 4.69) is 6.92 Å². The lowest BCUT2D eigenvalue weighted by Crippen LogP contribution is -2.67. The van der Waals surface area contributed by atoms with Crippen LogP contribution in [0.3, 0.4) is 0 Å². The average molecular weight is 399 g/mol. The second-order valence-electron chi connectivity index (χ2n) is 10.7. The molecule has 0 aromatic rings. The van der Waals surface area contributed by atoms with Crippen LogP contribution < -0.4 is 0 Å². The van der Waals surface area contributed by atoms with E-state index < -0.39 is 27.3 Å². The van der Waals surface area contributed by atoms with Gasteiger partial charge in [-0.25, -0.2) is 8.42 Å². The van der Waals surface area contributed by atoms with Gasteiger partial charge in [0.1, 0.15) is 9.84 Å². The molecular formula is C21H34O5S. The van der Waals surface area contributed by atoms with E-state index in [-0.39, 0.29) is 34.3 Å². The molecule has 0 aromatic carbocycles. The number of carboxylic acids is 1. The number of hydrogen-bond acceptors (Lipinski definition) is 4. The largest absolute Gasteiger partial charge is 0.481 e. The van der Waals surface area contributed by atoms with Crippen LogP contribution >= 0.6 is 0 Å². The molecule has 154 valence electrons. The molecule has 0 saturated heterocycles. The van der Waals surface area contributed by atoms with Crippen molar-refractivity contribution in [3.63, 3.8) is 0 Å². The zero-order chi connectivity index (χ0) is 19.8. The number of aliphatic hydroxyl groups is 1. The topological polar surface area (TPSA) is 91.7 Å². The molecule has 5 fully saturated rings. The minimum Gasteiger partial charge on any atom is -0.481 e. The molecule has 0 unspecified atom stereocenters. The van der Waals surface area contributed by atoms with Crippen LogP contribution in [0.2, 0.25) is 0 Å². The number of aliphatic hydroxyl groups excluding tert-OH is 1. The Labute approximate surface area is 162 Å². The van der Waals surface area contributed by atoms with E-state index in [1.807, 2.05) is 6.92 Å². The normalized spacial score (nSPS) is 52.1. The van der Waals surface area contributed by atoms with E-state index in [1.54, 1.807) is 0 Å². The summed E-state index contributed by atoms with van der Waals surface area (Å²) in [7, 11) is -3.13. The maximum Gasteiger partial charge on any atom is 0.309 e. The highest BCUT2D eigenvalue weighted by molar-refractivity contribution is 7.90. The second kappa shape index (κ2) is 5.94. The molecule has 0 heterocycles. The second-order valence-corrected chi connectivity index (χ2v) is 12.9. The summed E-state index contributed by atoms with van der Waals surface area (Å²) in [5, 5.41) is 21.4. The number of carbonyl (C=O) groups is 1. The average Bonchev–Trinajstić information content (AvgIpc) is 2.56. The molecule has 0 aromatic heterocycles. The molecule has 2 bridgehead atoms. The monoisotopic (exact) mass is 398 g/mol. The third-order valence-electron chi connectivity index (χ3n) is 9.47. The van der Waals surface area contributed by atoms with Gasteiger partial charge in [0.2, 0.25) is 0 Å². The lowest BCUT2D eigenvalue weighted by molar-refractivity contribution is -0.241. The van der Waals surface area contributed by atoms with Crippen LogP contribution in [0.1, 0.15) is 65.2 Å². The van der Waals surface area contributed by atoms with Crippen LogP contribution in [0.4, 0.5) is 0 Å². The van der Waals surface area contributed by atoms with Gasteiger partial charge in [0.05, 0.1) is 17.3 Å². The molecule has 8 atom stereocenters. The first-order valence-electron chi connectivity index (χ1n) is 10.5. The Kier molecular flexibility index (Phi) is 4.33. The van der Waals surface area contributed by atoms with E-state index in [1.165, 1.54) is 6.26 Å². The highest BCUT2D eigenvalue weighted by Gasteiger charge is 2.68. The number of fused-ring (bicyclic) bond motifs is 3. The Hall–Kier alpha value is -0.620. The van der Waals surface area contributed by atoms with E-state index in [4.69, 9.17) is 0 Å². The molecule has 0 aliphatic heterocycles. The summed E-state index contributed by atoms with van der Waals surface area (Å²) in [6, 6.07) is 0. The van der Waals surface area contributed by atoms with Crippen LogP contribution in [0.15, 0.2) is 0 Å². The van der Waals surface area contributed by atoms with Crippen molar-refractivity contribution < 1.29 is 23.4 Å². The van der Waals surface area contributed by atoms with Gasteiger partial charge in [0, 0.05) is 12.2 Å². The zero-order valence-corrected chi connectivity index (χ0v) is 17.6. The molecule has 5 aliphatic carbocycles. The minimum atomic E-state index is -3.13. The summed E-state index contributed by atoms with van der Waals surface area (Å²) in [6.07, 6.45) is 8.01. The SMILES string of the molecule is C[C@@]12CCC[C@@](C)(C(=O)O)[C@H]1CC[C@@]13CC[C@@H](C[C@@H]21)[C@H](CS(C)(=O)=O)[C@H]3O. The first kappa shape index (κ1) is 19.7. The van der Waals surface area contributed by atoms with Gasteiger partial charge in [-0.05, 0) is 80.5 Å². The Morgan fingerprint density at radius 3 is 2.37 bits per heavy atom. The highest BCUT2D eigenvalue weighted by atomic mass is 32.2. The lowest BCUT2D eigenvalue weighted by atomic mass is 9.35. The van der Waals surface area contributed by atoms with Crippen LogP contribution in [-0.2, 0) is 14.6 Å². The van der Waals surface area contributed by atoms with Crippen molar-refractivity contribution in [1.29, 1.82) is 0 Å². The van der Waals surface area contributed by atoms with Gasteiger partial charge in [0.25, 0.3) is 0 Å². The molecule has 27 heavy (non-hydrogen) atoms. The van der Waals surface area contributed by atoms with Crippen molar-refractivity contribution in [2.75, 3.05) is 12.0 Å². The van der Waals surface area contributed by atoms with Gasteiger partial charge >= 0.3 is 5.97 Å². The Morgan fingerprint density at radius 2 is 1.74 bits per heavy atom. The Bertz CT molecular complexity index is 748. The predicted molar refractivity (Wildman–Crippen MR) is 103 cm³/mol. The van der Waals surface area contributed by atoms with Gasteiger partial charge in [-0.1, -0.05) is 13.3 Å². The predicted octanol–water partition coefficient (Wildman–Crippen LogP) is 3.12. The van der Waals surface area contributed by atoms with Crippen molar-refractivity contribution in [3.05, 3.63) is 0 Å². The van der Waals surface area contributed by atoms with Gasteiger partial charge < -0.3 is 10.2 Å². The maximum absolute atomic E-state index is 12.1. The molecule has 6 heteroatoms. The molecular weight excluding hydrogens is 364 g/mol. The van der Waals surface area contributed by atoms with Crippen molar-refractivity contribution >= 4 is 15.8 Å². The first-order valence-corrected chi connectivity index (χ1v) is 12.6. The molecule has 0 amide bonds. The standard InChI is InChI=1S/C21H34O5S/c1-19-7-4-8-20(2,18(23)24)15(19)6-10-21-9-5-13(11-16(19)21)14(17(21)22)12-27(3,25)26/h13-17,22H,4-12H2,1-3H3,(H,23,24)/t13-,14-,15-,16-,17+,19+,20+,21-/m0/s1. The third kappa shape index (κ3) is 2.65. The molecule has 1 spiro atoms. The smallest absolute Gasteiger partial charge is 0.309 e. The van der Waals surface area contributed by atoms with Gasteiger partial charge in [-0.2, -0.15) is 0 Å². The number of aliphatic carboxylic acids is 1. The first-order chi connectivity index (χ1) is 12.4. The summed E-state index contributed by atoms with van der Waals surface area (Å²) < 4.78 is 23.9. The van der Waals surface area contributed by atoms with E-state index in [0.29, 0.717) is 5.92 Å². The quantitative estimate of drug-likeness (QED) is 0.762. The Morgan fingerprint density at radius 1 is 1.07 bits per heavy atom. The number of hydrogen-bond donors (Lipinski definition) is 2. The zero-order valence-electron chi connectivity index (χ0n) is 16.8. The maximum atomic E-state index is 12.1. The van der Waals surface area contributed by atoms with Crippen molar-refractivity contribution in [2.24, 2.45) is 39.9 Å². The van der Waals surface area contributed by atoms with Gasteiger partial charge in [-0.3, -0.25) is 4.79 Å². The van der Waals surface area contributed by atoms with Crippen LogP contribution in [-0.4, -0.2) is 42.7 Å². The minimum absolute atomic E-state index is 0.0701. The number of sulfone groups is 1. The fourth-order valence-electron chi connectivity index (χ4n) is 8.31. The van der Waals surface area contributed by atoms with Crippen LogP contribution in [0.25, 0.3) is 0 Å². The fraction of sp³-hybridized carbons (Fsp3) is 0.952. The summed E-state index contributed by atoms with van der Waals surface area (Å²) in [5.41, 5.74) is -0.964. The summed E-state index contributed by atoms with van der Waals surface area (Å²) >= 11 is 0. The summed E-state index contributed by atoms with van der Waals surface area (Å²) in [5.74, 6) is -0.0417. The van der Waals surface area contributed by atoms with Gasteiger partial charge in [0.15, 0.2) is 0 Å².